The molecule has 0 spiro atoms. The molecular weight excluding hydrogens is 462 g/mol. The van der Waals surface area contributed by atoms with Crippen LogP contribution in [0.15, 0.2) is 54.6 Å². The number of para-hydroxylation sites is 1. The van der Waals surface area contributed by atoms with Crippen molar-refractivity contribution in [3.05, 3.63) is 70.9 Å². The summed E-state index contributed by atoms with van der Waals surface area (Å²) in [7, 11) is 0. The summed E-state index contributed by atoms with van der Waals surface area (Å²) in [6.07, 6.45) is -0.575. The normalized spacial score (nSPS) is 12.6. The summed E-state index contributed by atoms with van der Waals surface area (Å²) in [5.74, 6) is 2.25. The monoisotopic (exact) mass is 499 g/mol. The van der Waals surface area contributed by atoms with Crippen LogP contribution in [-0.2, 0) is 11.3 Å². The molecule has 0 fully saturated rings. The van der Waals surface area contributed by atoms with E-state index in [-0.39, 0.29) is 0 Å². The maximum atomic E-state index is 10.7. The number of aliphatic hydroxyl groups excluding tert-OH is 1. The van der Waals surface area contributed by atoms with Gasteiger partial charge in [0.2, 0.25) is 5.88 Å². The Morgan fingerprint density at radius 3 is 2.37 bits per heavy atom. The predicted octanol–water partition coefficient (Wildman–Crippen LogP) is 6.12. The summed E-state index contributed by atoms with van der Waals surface area (Å²) < 4.78 is 13.9. The summed E-state index contributed by atoms with van der Waals surface area (Å²) in [5, 5.41) is 16.1. The number of benzene rings is 2. The van der Waals surface area contributed by atoms with Gasteiger partial charge >= 0.3 is 0 Å². The Labute approximate surface area is 214 Å². The molecule has 1 aromatic heterocycles. The molecule has 0 saturated carbocycles. The van der Waals surface area contributed by atoms with Crippen molar-refractivity contribution in [2.24, 2.45) is 11.8 Å². The van der Waals surface area contributed by atoms with E-state index in [9.17, 15) is 5.11 Å². The zero-order valence-electron chi connectivity index (χ0n) is 21.4. The van der Waals surface area contributed by atoms with Gasteiger partial charge in [0.15, 0.2) is 0 Å². The molecule has 1 atom stereocenters. The highest BCUT2D eigenvalue weighted by Gasteiger charge is 2.23. The first kappa shape index (κ1) is 27.2. The van der Waals surface area contributed by atoms with Crippen molar-refractivity contribution >= 4 is 11.6 Å². The van der Waals surface area contributed by atoms with Crippen molar-refractivity contribution < 1.29 is 14.6 Å². The van der Waals surface area contributed by atoms with Gasteiger partial charge in [-0.2, -0.15) is 5.10 Å². The maximum absolute atomic E-state index is 10.7. The molecule has 35 heavy (non-hydrogen) atoms. The Hall–Kier alpha value is -2.38. The molecule has 1 heterocycles. The van der Waals surface area contributed by atoms with E-state index in [1.807, 2.05) is 61.5 Å². The molecule has 7 heteroatoms. The lowest BCUT2D eigenvalue weighted by Gasteiger charge is -2.27. The summed E-state index contributed by atoms with van der Waals surface area (Å²) in [6.45, 7) is 13.4. The van der Waals surface area contributed by atoms with Gasteiger partial charge < -0.3 is 14.6 Å². The number of halogens is 1. The van der Waals surface area contributed by atoms with Crippen LogP contribution in [-0.4, -0.2) is 52.2 Å². The second-order valence-corrected chi connectivity index (χ2v) is 10.3. The lowest BCUT2D eigenvalue weighted by molar-refractivity contribution is 0.00511. The van der Waals surface area contributed by atoms with Gasteiger partial charge in [0.05, 0.1) is 29.7 Å². The van der Waals surface area contributed by atoms with Crippen LogP contribution in [0.2, 0.25) is 5.02 Å². The van der Waals surface area contributed by atoms with Gasteiger partial charge in [0.1, 0.15) is 5.75 Å². The quantitative estimate of drug-likeness (QED) is 0.307. The third-order valence-corrected chi connectivity index (χ3v) is 5.62. The molecule has 0 saturated heterocycles. The summed E-state index contributed by atoms with van der Waals surface area (Å²) in [4.78, 5) is 2.25. The molecule has 190 valence electrons. The molecule has 0 aliphatic heterocycles. The average molecular weight is 500 g/mol. The fraction of sp³-hybridized carbons (Fsp3) is 0.464. The van der Waals surface area contributed by atoms with E-state index in [0.29, 0.717) is 49.0 Å². The van der Waals surface area contributed by atoms with Crippen LogP contribution in [0, 0.1) is 18.8 Å². The molecule has 0 aliphatic carbocycles. The highest BCUT2D eigenvalue weighted by molar-refractivity contribution is 6.30. The van der Waals surface area contributed by atoms with E-state index in [1.165, 1.54) is 0 Å². The number of aromatic nitrogens is 2. The van der Waals surface area contributed by atoms with Gasteiger partial charge in [0, 0.05) is 31.3 Å². The summed E-state index contributed by atoms with van der Waals surface area (Å²) in [6, 6.07) is 17.3. The molecule has 3 aromatic rings. The van der Waals surface area contributed by atoms with E-state index in [1.54, 1.807) is 4.68 Å². The highest BCUT2D eigenvalue weighted by Crippen LogP contribution is 2.32. The number of nitrogens with zero attached hydrogens (tertiary/aromatic N) is 3. The number of hydrogen-bond donors (Lipinski definition) is 1. The van der Waals surface area contributed by atoms with Crippen molar-refractivity contribution in [2.75, 3.05) is 26.3 Å². The van der Waals surface area contributed by atoms with Crippen molar-refractivity contribution in [3.8, 4) is 17.3 Å². The number of hydrogen-bond acceptors (Lipinski definition) is 5. The van der Waals surface area contributed by atoms with Crippen LogP contribution < -0.4 is 4.74 Å². The molecule has 0 radical (unpaired) electrons. The van der Waals surface area contributed by atoms with E-state index in [4.69, 9.17) is 26.2 Å². The van der Waals surface area contributed by atoms with Crippen molar-refractivity contribution in [2.45, 2.75) is 47.3 Å². The summed E-state index contributed by atoms with van der Waals surface area (Å²) in [5.41, 5.74) is 2.68. The number of rotatable bonds is 13. The van der Waals surface area contributed by atoms with Crippen molar-refractivity contribution in [3.63, 3.8) is 0 Å². The molecule has 0 aliphatic rings. The fourth-order valence-electron chi connectivity index (χ4n) is 3.94. The largest absolute Gasteiger partial charge is 0.439 e. The van der Waals surface area contributed by atoms with E-state index >= 15 is 0 Å². The van der Waals surface area contributed by atoms with Gasteiger partial charge in [-0.25, -0.2) is 4.68 Å². The molecule has 0 bridgehead atoms. The minimum absolute atomic E-state index is 0.320. The number of aryl methyl sites for hydroxylation is 1. The lowest BCUT2D eigenvalue weighted by atomic mass is 10.1. The zero-order chi connectivity index (χ0) is 25.4. The van der Waals surface area contributed by atoms with Gasteiger partial charge in [-0.05, 0) is 49.1 Å². The Bertz CT molecular complexity index is 1050. The molecule has 0 unspecified atom stereocenters. The Kier molecular flexibility index (Phi) is 10.2. The first-order valence-corrected chi connectivity index (χ1v) is 12.7. The molecule has 6 nitrogen and oxygen atoms in total. The average Bonchev–Trinajstić information content (AvgIpc) is 3.09. The Balaban J connectivity index is 1.91. The van der Waals surface area contributed by atoms with E-state index in [2.05, 4.69) is 32.6 Å². The van der Waals surface area contributed by atoms with E-state index < -0.39 is 6.10 Å². The smallest absolute Gasteiger partial charge is 0.227 e. The van der Waals surface area contributed by atoms with Gasteiger partial charge in [-0.15, -0.1) is 0 Å². The van der Waals surface area contributed by atoms with Crippen molar-refractivity contribution in [1.82, 2.24) is 14.7 Å². The first-order valence-electron chi connectivity index (χ1n) is 12.3. The minimum Gasteiger partial charge on any atom is -0.439 e. The topological polar surface area (TPSA) is 59.8 Å². The van der Waals surface area contributed by atoms with E-state index in [0.717, 1.165) is 29.2 Å². The standard InChI is InChI=1S/C28H38ClN3O3/c1-20(2)15-31(16-25(33)19-34-18-21(3)4)17-27-22(5)30-32(24-11-9-10-23(29)14-24)28(27)35-26-12-7-6-8-13-26/h6-14,20-21,25,33H,15-19H2,1-5H3/t25-/m0/s1. The Morgan fingerprint density at radius 2 is 1.71 bits per heavy atom. The molecule has 2 aromatic carbocycles. The second-order valence-electron chi connectivity index (χ2n) is 9.85. The fourth-order valence-corrected chi connectivity index (χ4v) is 4.13. The highest BCUT2D eigenvalue weighted by atomic mass is 35.5. The zero-order valence-corrected chi connectivity index (χ0v) is 22.2. The number of ether oxygens (including phenoxy) is 2. The molecule has 0 amide bonds. The second kappa shape index (κ2) is 13.1. The van der Waals surface area contributed by atoms with Crippen LogP contribution in [0.25, 0.3) is 5.69 Å². The van der Waals surface area contributed by atoms with Crippen LogP contribution in [0.5, 0.6) is 11.6 Å². The van der Waals surface area contributed by atoms with Gasteiger partial charge in [-0.3, -0.25) is 4.90 Å². The predicted molar refractivity (Wildman–Crippen MR) is 142 cm³/mol. The third-order valence-electron chi connectivity index (χ3n) is 5.38. The van der Waals surface area contributed by atoms with Gasteiger partial charge in [-0.1, -0.05) is 63.6 Å². The third kappa shape index (κ3) is 8.36. The molecule has 1 N–H and O–H groups in total. The van der Waals surface area contributed by atoms with Crippen LogP contribution in [0.1, 0.15) is 39.0 Å². The van der Waals surface area contributed by atoms with Crippen LogP contribution in [0.3, 0.4) is 0 Å². The number of aliphatic hydroxyl groups is 1. The maximum Gasteiger partial charge on any atom is 0.227 e. The van der Waals surface area contributed by atoms with Crippen LogP contribution >= 0.6 is 11.6 Å². The SMILES string of the molecule is Cc1nn(-c2cccc(Cl)c2)c(Oc2ccccc2)c1CN(CC(C)C)C[C@H](O)COCC(C)C. The van der Waals surface area contributed by atoms with Gasteiger partial charge in [0.25, 0.3) is 0 Å². The summed E-state index contributed by atoms with van der Waals surface area (Å²) >= 11 is 6.28. The first-order chi connectivity index (χ1) is 16.7. The van der Waals surface area contributed by atoms with Crippen molar-refractivity contribution in [1.29, 1.82) is 0 Å². The minimum atomic E-state index is -0.575. The molecule has 3 rings (SSSR count). The Morgan fingerprint density at radius 1 is 0.971 bits per heavy atom. The van der Waals surface area contributed by atoms with Crippen LogP contribution in [0.4, 0.5) is 0 Å². The molecular formula is C28H38ClN3O3. The lowest BCUT2D eigenvalue weighted by Crippen LogP contribution is -2.37.